The number of benzene rings is 2. The normalized spacial score (nSPS) is 19.9. The van der Waals surface area contributed by atoms with Crippen LogP contribution in [-0.4, -0.2) is 36.4 Å². The first kappa shape index (κ1) is 16.5. The van der Waals surface area contributed by atoms with Crippen molar-refractivity contribution in [3.05, 3.63) is 54.1 Å². The zero-order valence-corrected chi connectivity index (χ0v) is 13.8. The first-order valence-electron chi connectivity index (χ1n) is 8.19. The number of hydrogen-bond donors (Lipinski definition) is 4. The Balaban J connectivity index is 1.55. The molecule has 1 aliphatic rings. The zero-order valence-electron chi connectivity index (χ0n) is 13.8. The van der Waals surface area contributed by atoms with Crippen molar-refractivity contribution in [1.29, 1.82) is 0 Å². The third-order valence-corrected chi connectivity index (χ3v) is 4.33. The van der Waals surface area contributed by atoms with E-state index in [2.05, 4.69) is 47.1 Å². The van der Waals surface area contributed by atoms with E-state index in [0.29, 0.717) is 13.0 Å². The molecule has 126 valence electrons. The Hall–Kier alpha value is -2.37. The third kappa shape index (κ3) is 4.13. The van der Waals surface area contributed by atoms with Gasteiger partial charge in [-0.15, -0.1) is 0 Å². The van der Waals surface area contributed by atoms with E-state index in [9.17, 15) is 9.90 Å². The van der Waals surface area contributed by atoms with E-state index in [1.165, 1.54) is 5.56 Å². The number of β-amino-alcohol motifs (C(OH)–C–C–N with tert-alkyl or cyclic N) is 1. The molecule has 5 heteroatoms. The smallest absolute Gasteiger partial charge is 0.319 e. The number of aryl methyl sites for hydroxylation is 1. The Morgan fingerprint density at radius 2 is 1.75 bits per heavy atom. The molecule has 0 aliphatic carbocycles. The van der Waals surface area contributed by atoms with E-state index in [4.69, 9.17) is 0 Å². The van der Waals surface area contributed by atoms with E-state index in [0.717, 1.165) is 23.4 Å². The van der Waals surface area contributed by atoms with E-state index in [1.807, 2.05) is 24.3 Å². The molecule has 2 aromatic carbocycles. The third-order valence-electron chi connectivity index (χ3n) is 4.33. The van der Waals surface area contributed by atoms with Gasteiger partial charge in [0.2, 0.25) is 0 Å². The number of carbonyl (C=O) groups is 1. The number of rotatable bonds is 4. The van der Waals surface area contributed by atoms with E-state index < -0.39 is 5.60 Å². The Bertz CT molecular complexity index is 690. The van der Waals surface area contributed by atoms with Crippen molar-refractivity contribution in [3.8, 4) is 11.1 Å². The van der Waals surface area contributed by atoms with Crippen LogP contribution in [0.4, 0.5) is 10.5 Å². The molecule has 0 spiro atoms. The highest BCUT2D eigenvalue weighted by Gasteiger charge is 2.31. The average molecular weight is 325 g/mol. The number of aliphatic hydroxyl groups is 1. The van der Waals surface area contributed by atoms with Gasteiger partial charge in [-0.2, -0.15) is 0 Å². The number of amides is 2. The highest BCUT2D eigenvalue weighted by Crippen LogP contribution is 2.21. The lowest BCUT2D eigenvalue weighted by atomic mass is 10.0. The molecule has 2 amide bonds. The van der Waals surface area contributed by atoms with Crippen LogP contribution in [0.25, 0.3) is 11.1 Å². The Labute approximate surface area is 142 Å². The van der Waals surface area contributed by atoms with Gasteiger partial charge in [0, 0.05) is 18.8 Å². The first-order chi connectivity index (χ1) is 11.5. The fraction of sp³-hybridized carbons (Fsp3) is 0.316. The van der Waals surface area contributed by atoms with Crippen LogP contribution in [-0.2, 0) is 0 Å². The van der Waals surface area contributed by atoms with Crippen LogP contribution >= 0.6 is 0 Å². The van der Waals surface area contributed by atoms with Crippen LogP contribution in [0.15, 0.2) is 48.5 Å². The summed E-state index contributed by atoms with van der Waals surface area (Å²) in [6, 6.07) is 15.7. The van der Waals surface area contributed by atoms with Gasteiger partial charge < -0.3 is 21.1 Å². The van der Waals surface area contributed by atoms with E-state index in [1.54, 1.807) is 0 Å². The highest BCUT2D eigenvalue weighted by molar-refractivity contribution is 5.89. The molecule has 0 saturated carbocycles. The fourth-order valence-corrected chi connectivity index (χ4v) is 2.79. The van der Waals surface area contributed by atoms with Gasteiger partial charge in [0.1, 0.15) is 0 Å². The lowest BCUT2D eigenvalue weighted by Gasteiger charge is -2.21. The molecule has 3 rings (SSSR count). The number of hydrogen-bond acceptors (Lipinski definition) is 3. The fourth-order valence-electron chi connectivity index (χ4n) is 2.79. The highest BCUT2D eigenvalue weighted by atomic mass is 16.3. The van der Waals surface area contributed by atoms with Crippen molar-refractivity contribution in [2.75, 3.05) is 25.0 Å². The predicted molar refractivity (Wildman–Crippen MR) is 96.1 cm³/mol. The molecular formula is C19H23N3O2. The molecule has 24 heavy (non-hydrogen) atoms. The molecular weight excluding hydrogens is 302 g/mol. The number of anilines is 1. The van der Waals surface area contributed by atoms with Gasteiger partial charge in [-0.1, -0.05) is 42.0 Å². The topological polar surface area (TPSA) is 73.4 Å². The minimum atomic E-state index is -0.841. The SMILES string of the molecule is Cc1ccc(-c2ccc(NC(=O)NC[C@@]3(O)CCNC3)cc2)cc1. The minimum absolute atomic E-state index is 0.243. The summed E-state index contributed by atoms with van der Waals surface area (Å²) in [4.78, 5) is 12.0. The molecule has 1 fully saturated rings. The van der Waals surface area contributed by atoms with Gasteiger partial charge in [-0.05, 0) is 43.1 Å². The van der Waals surface area contributed by atoms with Gasteiger partial charge in [-0.3, -0.25) is 0 Å². The summed E-state index contributed by atoms with van der Waals surface area (Å²) < 4.78 is 0. The number of nitrogens with one attached hydrogen (secondary N) is 3. The second kappa shape index (κ2) is 7.03. The van der Waals surface area contributed by atoms with Crippen LogP contribution < -0.4 is 16.0 Å². The van der Waals surface area contributed by atoms with Gasteiger partial charge in [0.15, 0.2) is 0 Å². The second-order valence-corrected chi connectivity index (χ2v) is 6.40. The van der Waals surface area contributed by atoms with E-state index >= 15 is 0 Å². The van der Waals surface area contributed by atoms with Crippen LogP contribution in [0, 0.1) is 6.92 Å². The summed E-state index contributed by atoms with van der Waals surface area (Å²) >= 11 is 0. The summed E-state index contributed by atoms with van der Waals surface area (Å²) in [6.45, 7) is 3.60. The second-order valence-electron chi connectivity index (χ2n) is 6.40. The molecule has 4 N–H and O–H groups in total. The lowest BCUT2D eigenvalue weighted by molar-refractivity contribution is 0.0640. The van der Waals surface area contributed by atoms with Gasteiger partial charge in [-0.25, -0.2) is 4.79 Å². The molecule has 1 aliphatic heterocycles. The van der Waals surface area contributed by atoms with Crippen LogP contribution in [0.5, 0.6) is 0 Å². The molecule has 0 unspecified atom stereocenters. The van der Waals surface area contributed by atoms with Gasteiger partial charge in [0.25, 0.3) is 0 Å². The molecule has 1 heterocycles. The molecule has 0 bridgehead atoms. The van der Waals surface area contributed by atoms with Crippen LogP contribution in [0.3, 0.4) is 0 Å². The maximum Gasteiger partial charge on any atom is 0.319 e. The summed E-state index contributed by atoms with van der Waals surface area (Å²) in [7, 11) is 0. The molecule has 0 radical (unpaired) electrons. The summed E-state index contributed by atoms with van der Waals surface area (Å²) in [5.41, 5.74) is 3.36. The quantitative estimate of drug-likeness (QED) is 0.698. The van der Waals surface area contributed by atoms with Crippen LogP contribution in [0.1, 0.15) is 12.0 Å². The maximum atomic E-state index is 12.0. The van der Waals surface area contributed by atoms with Gasteiger partial charge >= 0.3 is 6.03 Å². The van der Waals surface area contributed by atoms with Crippen molar-refractivity contribution < 1.29 is 9.90 Å². The summed E-state index contributed by atoms with van der Waals surface area (Å²) in [6.07, 6.45) is 0.651. The van der Waals surface area contributed by atoms with Crippen molar-refractivity contribution >= 4 is 11.7 Å². The predicted octanol–water partition coefficient (Wildman–Crippen LogP) is 2.51. The van der Waals surface area contributed by atoms with E-state index in [-0.39, 0.29) is 12.6 Å². The Kier molecular flexibility index (Phi) is 4.83. The Morgan fingerprint density at radius 3 is 2.33 bits per heavy atom. The molecule has 0 aromatic heterocycles. The minimum Gasteiger partial charge on any atom is -0.387 e. The molecule has 5 nitrogen and oxygen atoms in total. The molecule has 1 atom stereocenters. The maximum absolute atomic E-state index is 12.0. The lowest BCUT2D eigenvalue weighted by Crippen LogP contribution is -2.45. The van der Waals surface area contributed by atoms with Crippen molar-refractivity contribution in [2.45, 2.75) is 18.9 Å². The molecule has 2 aromatic rings. The van der Waals surface area contributed by atoms with Crippen molar-refractivity contribution in [1.82, 2.24) is 10.6 Å². The van der Waals surface area contributed by atoms with Gasteiger partial charge in [0.05, 0.1) is 5.60 Å². The zero-order chi connectivity index (χ0) is 17.0. The first-order valence-corrected chi connectivity index (χ1v) is 8.19. The number of urea groups is 1. The van der Waals surface area contributed by atoms with Crippen molar-refractivity contribution in [3.63, 3.8) is 0 Å². The average Bonchev–Trinajstić information content (AvgIpc) is 3.02. The summed E-state index contributed by atoms with van der Waals surface area (Å²) in [5.74, 6) is 0. The number of carbonyl (C=O) groups excluding carboxylic acids is 1. The summed E-state index contributed by atoms with van der Waals surface area (Å²) in [5, 5.41) is 18.8. The Morgan fingerprint density at radius 1 is 1.12 bits per heavy atom. The monoisotopic (exact) mass is 325 g/mol. The largest absolute Gasteiger partial charge is 0.387 e. The molecule has 1 saturated heterocycles. The van der Waals surface area contributed by atoms with Crippen LogP contribution in [0.2, 0.25) is 0 Å². The standard InChI is InChI=1S/C19H23N3O2/c1-14-2-4-15(5-3-14)16-6-8-17(9-7-16)22-18(23)21-13-19(24)10-11-20-12-19/h2-9,20,24H,10-13H2,1H3,(H2,21,22,23)/t19-/m1/s1. The van der Waals surface area contributed by atoms with Crippen molar-refractivity contribution in [2.24, 2.45) is 0 Å².